The van der Waals surface area contributed by atoms with Gasteiger partial charge in [-0.25, -0.2) is 0 Å². The van der Waals surface area contributed by atoms with Crippen LogP contribution in [0.1, 0.15) is 22.8 Å². The first-order chi connectivity index (χ1) is 7.54. The molecule has 0 radical (unpaired) electrons. The maximum Gasteiger partial charge on any atom is 0.303 e. The summed E-state index contributed by atoms with van der Waals surface area (Å²) in [7, 11) is 0. The van der Waals surface area contributed by atoms with E-state index >= 15 is 0 Å². The van der Waals surface area contributed by atoms with Crippen LogP contribution in [0.5, 0.6) is 0 Å². The molecule has 82 valence electrons. The Morgan fingerprint density at radius 1 is 1.56 bits per heavy atom. The number of carbonyl (C=O) groups excluding carboxylic acids is 2. The van der Waals surface area contributed by atoms with Crippen molar-refractivity contribution in [2.75, 3.05) is 6.61 Å². The van der Waals surface area contributed by atoms with E-state index in [1.807, 2.05) is 0 Å². The van der Waals surface area contributed by atoms with Crippen LogP contribution in [0.25, 0.3) is 0 Å². The van der Waals surface area contributed by atoms with E-state index < -0.39 is 23.9 Å². The molecule has 6 heteroatoms. The lowest BCUT2D eigenvalue weighted by molar-refractivity contribution is -0.139. The van der Waals surface area contributed by atoms with Crippen molar-refractivity contribution in [1.82, 2.24) is 4.98 Å². The van der Waals surface area contributed by atoms with Gasteiger partial charge in [-0.1, -0.05) is 0 Å². The van der Waals surface area contributed by atoms with E-state index in [4.69, 9.17) is 5.26 Å². The molecule has 0 amide bonds. The minimum absolute atomic E-state index is 0.123. The predicted octanol–water partition coefficient (Wildman–Crippen LogP) is -0.00762. The van der Waals surface area contributed by atoms with Gasteiger partial charge in [0.05, 0.1) is 0 Å². The van der Waals surface area contributed by atoms with Crippen LogP contribution in [-0.2, 0) is 9.53 Å². The first-order valence-corrected chi connectivity index (χ1v) is 4.34. The third-order valence-corrected chi connectivity index (χ3v) is 1.75. The molecule has 0 unspecified atom stereocenters. The minimum atomic E-state index is -0.571. The number of nitrogens with zero attached hydrogens (tertiary/aromatic N) is 1. The molecule has 0 saturated carbocycles. The van der Waals surface area contributed by atoms with Gasteiger partial charge >= 0.3 is 5.97 Å². The number of ketones is 1. The van der Waals surface area contributed by atoms with Crippen molar-refractivity contribution in [3.8, 4) is 6.07 Å². The number of hydrogen-bond donors (Lipinski definition) is 1. The van der Waals surface area contributed by atoms with Gasteiger partial charge in [-0.15, -0.1) is 0 Å². The zero-order valence-electron chi connectivity index (χ0n) is 8.44. The lowest BCUT2D eigenvalue weighted by Crippen LogP contribution is -2.16. The number of aromatic nitrogens is 1. The van der Waals surface area contributed by atoms with Crippen molar-refractivity contribution in [1.29, 1.82) is 5.26 Å². The molecular weight excluding hydrogens is 212 g/mol. The molecule has 1 aromatic rings. The Labute approximate surface area is 90.5 Å². The number of nitriles is 1. The van der Waals surface area contributed by atoms with Gasteiger partial charge in [0, 0.05) is 18.7 Å². The summed E-state index contributed by atoms with van der Waals surface area (Å²) >= 11 is 0. The summed E-state index contributed by atoms with van der Waals surface area (Å²) in [5.41, 5.74) is -0.599. The Bertz CT molecular complexity index is 524. The highest BCUT2D eigenvalue weighted by Gasteiger charge is 2.10. The SMILES string of the molecule is CC(=O)OCC(=O)c1c[nH]c(=O)c(C#N)c1. The fourth-order valence-corrected chi connectivity index (χ4v) is 0.978. The van der Waals surface area contributed by atoms with Gasteiger partial charge in [0.2, 0.25) is 5.78 Å². The highest BCUT2D eigenvalue weighted by molar-refractivity contribution is 5.97. The Balaban J connectivity index is 2.89. The number of esters is 1. The zero-order chi connectivity index (χ0) is 12.1. The maximum atomic E-state index is 11.4. The second-order valence-corrected chi connectivity index (χ2v) is 2.95. The van der Waals surface area contributed by atoms with Crippen LogP contribution in [0.4, 0.5) is 0 Å². The molecule has 1 heterocycles. The van der Waals surface area contributed by atoms with E-state index in [-0.39, 0.29) is 11.1 Å². The summed E-state index contributed by atoms with van der Waals surface area (Å²) in [6.45, 7) is 0.771. The summed E-state index contributed by atoms with van der Waals surface area (Å²) in [5, 5.41) is 8.58. The third-order valence-electron chi connectivity index (χ3n) is 1.75. The number of rotatable bonds is 3. The van der Waals surface area contributed by atoms with Gasteiger partial charge < -0.3 is 9.72 Å². The van der Waals surface area contributed by atoms with E-state index in [1.165, 1.54) is 13.1 Å². The van der Waals surface area contributed by atoms with E-state index in [1.54, 1.807) is 6.07 Å². The molecule has 1 rings (SSSR count). The molecule has 0 aliphatic rings. The van der Waals surface area contributed by atoms with Crippen molar-refractivity contribution in [3.63, 3.8) is 0 Å². The summed E-state index contributed by atoms with van der Waals surface area (Å²) in [6.07, 6.45) is 1.18. The second kappa shape index (κ2) is 4.89. The largest absolute Gasteiger partial charge is 0.457 e. The Hall–Kier alpha value is -2.42. The molecule has 0 aliphatic carbocycles. The number of aromatic amines is 1. The molecule has 1 N–H and O–H groups in total. The first-order valence-electron chi connectivity index (χ1n) is 4.34. The lowest BCUT2D eigenvalue weighted by Gasteiger charge is -2.01. The molecule has 6 nitrogen and oxygen atoms in total. The van der Waals surface area contributed by atoms with Crippen LogP contribution in [0.3, 0.4) is 0 Å². The van der Waals surface area contributed by atoms with Crippen LogP contribution >= 0.6 is 0 Å². The van der Waals surface area contributed by atoms with Crippen LogP contribution in [-0.4, -0.2) is 23.3 Å². The van der Waals surface area contributed by atoms with Crippen molar-refractivity contribution in [2.45, 2.75) is 6.92 Å². The van der Waals surface area contributed by atoms with Gasteiger partial charge in [-0.2, -0.15) is 5.26 Å². The van der Waals surface area contributed by atoms with Crippen LogP contribution < -0.4 is 5.56 Å². The molecule has 0 fully saturated rings. The van der Waals surface area contributed by atoms with Crippen molar-refractivity contribution in [2.24, 2.45) is 0 Å². The summed E-state index contributed by atoms with van der Waals surface area (Å²) in [6, 6.07) is 2.81. The van der Waals surface area contributed by atoms with Crippen molar-refractivity contribution >= 4 is 11.8 Å². The number of Topliss-reactive ketones (excluding diaryl/α,β-unsaturated/α-hetero) is 1. The molecule has 0 spiro atoms. The average molecular weight is 220 g/mol. The summed E-state index contributed by atoms with van der Waals surface area (Å²) in [5.74, 6) is -1.05. The summed E-state index contributed by atoms with van der Waals surface area (Å²) < 4.78 is 4.50. The summed E-state index contributed by atoms with van der Waals surface area (Å²) in [4.78, 5) is 35.2. The van der Waals surface area contributed by atoms with Crippen LogP contribution in [0.15, 0.2) is 17.1 Å². The average Bonchev–Trinajstić information content (AvgIpc) is 2.26. The zero-order valence-corrected chi connectivity index (χ0v) is 8.44. The predicted molar refractivity (Wildman–Crippen MR) is 52.7 cm³/mol. The maximum absolute atomic E-state index is 11.4. The van der Waals surface area contributed by atoms with Crippen LogP contribution in [0, 0.1) is 11.3 Å². The van der Waals surface area contributed by atoms with Crippen LogP contribution in [0.2, 0.25) is 0 Å². The fraction of sp³-hybridized carbons (Fsp3) is 0.200. The number of H-pyrrole nitrogens is 1. The van der Waals surface area contributed by atoms with Crippen molar-refractivity contribution in [3.05, 3.63) is 33.7 Å². The van der Waals surface area contributed by atoms with Gasteiger partial charge in [0.25, 0.3) is 5.56 Å². The molecule has 0 aliphatic heterocycles. The highest BCUT2D eigenvalue weighted by atomic mass is 16.5. The molecule has 1 aromatic heterocycles. The van der Waals surface area contributed by atoms with E-state index in [0.29, 0.717) is 0 Å². The molecule has 0 saturated heterocycles. The quantitative estimate of drug-likeness (QED) is 0.570. The highest BCUT2D eigenvalue weighted by Crippen LogP contribution is 1.99. The Kier molecular flexibility index (Phi) is 3.56. The van der Waals surface area contributed by atoms with E-state index in [2.05, 4.69) is 9.72 Å². The normalized spacial score (nSPS) is 9.25. The minimum Gasteiger partial charge on any atom is -0.457 e. The standard InChI is InChI=1S/C10H8N2O4/c1-6(13)16-5-9(14)8-2-7(3-11)10(15)12-4-8/h2,4H,5H2,1H3,(H,12,15). The third kappa shape index (κ3) is 2.78. The topological polar surface area (TPSA) is 100 Å². The molecule has 0 aromatic carbocycles. The molecule has 0 bridgehead atoms. The molecule has 0 atom stereocenters. The van der Waals surface area contributed by atoms with Gasteiger partial charge in [-0.3, -0.25) is 14.4 Å². The number of nitrogens with one attached hydrogen (secondary N) is 1. The van der Waals surface area contributed by atoms with Gasteiger partial charge in [0.15, 0.2) is 6.61 Å². The molecule has 16 heavy (non-hydrogen) atoms. The number of hydrogen-bond acceptors (Lipinski definition) is 5. The Morgan fingerprint density at radius 2 is 2.25 bits per heavy atom. The lowest BCUT2D eigenvalue weighted by atomic mass is 10.1. The smallest absolute Gasteiger partial charge is 0.303 e. The number of ether oxygens (including phenoxy) is 1. The van der Waals surface area contributed by atoms with Gasteiger partial charge in [-0.05, 0) is 6.07 Å². The van der Waals surface area contributed by atoms with E-state index in [0.717, 1.165) is 6.07 Å². The first kappa shape index (κ1) is 11.7. The Morgan fingerprint density at radius 3 is 2.81 bits per heavy atom. The fourth-order valence-electron chi connectivity index (χ4n) is 0.978. The number of carbonyl (C=O) groups is 2. The monoisotopic (exact) mass is 220 g/mol. The van der Waals surface area contributed by atoms with Crippen molar-refractivity contribution < 1.29 is 14.3 Å². The number of pyridine rings is 1. The van der Waals surface area contributed by atoms with E-state index in [9.17, 15) is 14.4 Å². The van der Waals surface area contributed by atoms with Gasteiger partial charge in [0.1, 0.15) is 11.6 Å². The molecular formula is C10H8N2O4. The second-order valence-electron chi connectivity index (χ2n) is 2.95.